The Balaban J connectivity index is 3.54. The summed E-state index contributed by atoms with van der Waals surface area (Å²) in [6.07, 6.45) is 0. The molecule has 0 N–H and O–H groups in total. The molecular weight excluding hydrogens is 222 g/mol. The van der Waals surface area contributed by atoms with Crippen LogP contribution in [-0.4, -0.2) is 17.8 Å². The van der Waals surface area contributed by atoms with Crippen LogP contribution in [-0.2, 0) is 0 Å². The summed E-state index contributed by atoms with van der Waals surface area (Å²) < 4.78 is 4.83. The van der Waals surface area contributed by atoms with Gasteiger partial charge < -0.3 is 4.74 Å². The highest BCUT2D eigenvalue weighted by molar-refractivity contribution is 6.33. The molecule has 0 aromatic heterocycles. The lowest BCUT2D eigenvalue weighted by Crippen LogP contribution is -2.02. The standard InChI is InChI=1S/C9H8ClNO4/c1-5(12)6-3-4-7(10)8(11(13)14)9(6)15-2/h3-4H,1-2H3. The molecule has 1 aromatic rings. The van der Waals surface area contributed by atoms with E-state index in [1.807, 2.05) is 0 Å². The molecule has 0 fully saturated rings. The van der Waals surface area contributed by atoms with Crippen molar-refractivity contribution in [3.63, 3.8) is 0 Å². The van der Waals surface area contributed by atoms with E-state index in [9.17, 15) is 14.9 Å². The lowest BCUT2D eigenvalue weighted by Gasteiger charge is -2.06. The van der Waals surface area contributed by atoms with Crippen molar-refractivity contribution in [2.45, 2.75) is 6.92 Å². The Labute approximate surface area is 90.8 Å². The molecule has 0 heterocycles. The van der Waals surface area contributed by atoms with Crippen molar-refractivity contribution < 1.29 is 14.5 Å². The topological polar surface area (TPSA) is 69.4 Å². The number of Topliss-reactive ketones (excluding diaryl/α,β-unsaturated/α-hetero) is 1. The Morgan fingerprint density at radius 3 is 2.53 bits per heavy atom. The van der Waals surface area contributed by atoms with Crippen molar-refractivity contribution in [3.8, 4) is 5.75 Å². The maximum atomic E-state index is 11.2. The van der Waals surface area contributed by atoms with Gasteiger partial charge in [-0.3, -0.25) is 14.9 Å². The fraction of sp³-hybridized carbons (Fsp3) is 0.222. The molecule has 0 radical (unpaired) electrons. The van der Waals surface area contributed by atoms with Crippen LogP contribution in [0.2, 0.25) is 5.02 Å². The summed E-state index contributed by atoms with van der Waals surface area (Å²) in [6.45, 7) is 1.30. The Hall–Kier alpha value is -1.62. The second-order valence-corrected chi connectivity index (χ2v) is 3.20. The predicted octanol–water partition coefficient (Wildman–Crippen LogP) is 2.46. The lowest BCUT2D eigenvalue weighted by molar-refractivity contribution is -0.385. The quantitative estimate of drug-likeness (QED) is 0.454. The zero-order chi connectivity index (χ0) is 11.6. The van der Waals surface area contributed by atoms with E-state index < -0.39 is 4.92 Å². The number of hydrogen-bond acceptors (Lipinski definition) is 4. The summed E-state index contributed by atoms with van der Waals surface area (Å²) in [5, 5.41) is 10.7. The summed E-state index contributed by atoms with van der Waals surface area (Å²) in [4.78, 5) is 21.2. The first kappa shape index (κ1) is 11.5. The van der Waals surface area contributed by atoms with E-state index in [2.05, 4.69) is 0 Å². The summed E-state index contributed by atoms with van der Waals surface area (Å²) in [5.74, 6) is -0.411. The molecule has 0 unspecified atom stereocenters. The number of nitro groups is 1. The zero-order valence-electron chi connectivity index (χ0n) is 8.11. The molecule has 0 aliphatic carbocycles. The molecule has 0 bridgehead atoms. The fourth-order valence-corrected chi connectivity index (χ4v) is 1.42. The van der Waals surface area contributed by atoms with Gasteiger partial charge in [-0.2, -0.15) is 0 Å². The summed E-state index contributed by atoms with van der Waals surface area (Å²) in [5.41, 5.74) is -0.236. The minimum absolute atomic E-state index is 0.0538. The predicted molar refractivity (Wildman–Crippen MR) is 54.7 cm³/mol. The summed E-state index contributed by atoms with van der Waals surface area (Å²) >= 11 is 5.65. The average molecular weight is 230 g/mol. The largest absolute Gasteiger partial charge is 0.490 e. The van der Waals surface area contributed by atoms with Gasteiger partial charge in [0.25, 0.3) is 0 Å². The van der Waals surface area contributed by atoms with Gasteiger partial charge in [0, 0.05) is 0 Å². The molecule has 15 heavy (non-hydrogen) atoms. The molecule has 0 saturated heterocycles. The Morgan fingerprint density at radius 1 is 1.53 bits per heavy atom. The molecule has 0 atom stereocenters. The van der Waals surface area contributed by atoms with Crippen LogP contribution >= 0.6 is 11.6 Å². The molecule has 80 valence electrons. The lowest BCUT2D eigenvalue weighted by atomic mass is 10.1. The van der Waals surface area contributed by atoms with Crippen LogP contribution in [0.5, 0.6) is 5.75 Å². The van der Waals surface area contributed by atoms with Crippen LogP contribution in [0, 0.1) is 10.1 Å². The van der Waals surface area contributed by atoms with Crippen LogP contribution in [0.4, 0.5) is 5.69 Å². The minimum atomic E-state index is -0.673. The van der Waals surface area contributed by atoms with E-state index in [4.69, 9.17) is 16.3 Å². The van der Waals surface area contributed by atoms with Gasteiger partial charge in [-0.15, -0.1) is 0 Å². The second kappa shape index (κ2) is 4.27. The minimum Gasteiger partial charge on any atom is -0.490 e. The highest BCUT2D eigenvalue weighted by atomic mass is 35.5. The van der Waals surface area contributed by atoms with Gasteiger partial charge >= 0.3 is 5.69 Å². The van der Waals surface area contributed by atoms with Gasteiger partial charge in [0.15, 0.2) is 5.78 Å². The third-order valence-corrected chi connectivity index (χ3v) is 2.15. The monoisotopic (exact) mass is 229 g/mol. The maximum Gasteiger partial charge on any atom is 0.330 e. The molecule has 0 aliphatic heterocycles. The van der Waals surface area contributed by atoms with Crippen LogP contribution in [0.1, 0.15) is 17.3 Å². The van der Waals surface area contributed by atoms with Crippen molar-refractivity contribution in [1.29, 1.82) is 0 Å². The highest BCUT2D eigenvalue weighted by Crippen LogP contribution is 2.37. The number of halogens is 1. The first-order valence-corrected chi connectivity index (χ1v) is 4.38. The van der Waals surface area contributed by atoms with E-state index in [0.717, 1.165) is 0 Å². The third kappa shape index (κ3) is 2.07. The Morgan fingerprint density at radius 2 is 2.13 bits per heavy atom. The van der Waals surface area contributed by atoms with Crippen LogP contribution in [0.15, 0.2) is 12.1 Å². The third-order valence-electron chi connectivity index (χ3n) is 1.85. The molecule has 0 saturated carbocycles. The molecule has 0 amide bonds. The van der Waals surface area contributed by atoms with E-state index in [0.29, 0.717) is 0 Å². The van der Waals surface area contributed by atoms with Crippen molar-refractivity contribution in [1.82, 2.24) is 0 Å². The van der Waals surface area contributed by atoms with Gasteiger partial charge in [0.05, 0.1) is 17.6 Å². The molecule has 1 rings (SSSR count). The fourth-order valence-electron chi connectivity index (χ4n) is 1.20. The molecule has 0 spiro atoms. The molecule has 6 heteroatoms. The highest BCUT2D eigenvalue weighted by Gasteiger charge is 2.24. The van der Waals surface area contributed by atoms with Gasteiger partial charge in [-0.1, -0.05) is 11.6 Å². The van der Waals surface area contributed by atoms with E-state index >= 15 is 0 Å². The van der Waals surface area contributed by atoms with E-state index in [-0.39, 0.29) is 27.8 Å². The number of ketones is 1. The van der Waals surface area contributed by atoms with Crippen LogP contribution in [0.25, 0.3) is 0 Å². The van der Waals surface area contributed by atoms with Crippen molar-refractivity contribution in [2.75, 3.05) is 7.11 Å². The van der Waals surface area contributed by atoms with Gasteiger partial charge in [-0.25, -0.2) is 0 Å². The number of nitrogens with zero attached hydrogens (tertiary/aromatic N) is 1. The molecule has 5 nitrogen and oxygen atoms in total. The number of hydrogen-bond donors (Lipinski definition) is 0. The number of rotatable bonds is 3. The van der Waals surface area contributed by atoms with E-state index in [1.54, 1.807) is 0 Å². The first-order chi connectivity index (χ1) is 6.99. The number of benzene rings is 1. The van der Waals surface area contributed by atoms with Crippen molar-refractivity contribution >= 4 is 23.1 Å². The summed E-state index contributed by atoms with van der Waals surface area (Å²) in [7, 11) is 1.26. The van der Waals surface area contributed by atoms with Crippen LogP contribution < -0.4 is 4.74 Å². The number of nitro benzene ring substituents is 1. The van der Waals surface area contributed by atoms with E-state index in [1.165, 1.54) is 26.2 Å². The zero-order valence-corrected chi connectivity index (χ0v) is 8.87. The van der Waals surface area contributed by atoms with Crippen molar-refractivity contribution in [2.24, 2.45) is 0 Å². The number of ether oxygens (including phenoxy) is 1. The molecule has 0 aliphatic rings. The maximum absolute atomic E-state index is 11.2. The second-order valence-electron chi connectivity index (χ2n) is 2.79. The summed E-state index contributed by atoms with van der Waals surface area (Å²) in [6, 6.07) is 2.70. The first-order valence-electron chi connectivity index (χ1n) is 4.00. The van der Waals surface area contributed by atoms with Gasteiger partial charge in [-0.05, 0) is 19.1 Å². The normalized spacial score (nSPS) is 9.80. The SMILES string of the molecule is COc1c(C(C)=O)ccc(Cl)c1[N+](=O)[O-]. The van der Waals surface area contributed by atoms with Crippen LogP contribution in [0.3, 0.4) is 0 Å². The van der Waals surface area contributed by atoms with Crippen molar-refractivity contribution in [3.05, 3.63) is 32.8 Å². The molecular formula is C9H8ClNO4. The van der Waals surface area contributed by atoms with Gasteiger partial charge in [0.1, 0.15) is 5.02 Å². The number of methoxy groups -OCH3 is 1. The van der Waals surface area contributed by atoms with Gasteiger partial charge in [0.2, 0.25) is 5.75 Å². The number of carbonyl (C=O) groups is 1. The smallest absolute Gasteiger partial charge is 0.330 e. The Bertz CT molecular complexity index is 430. The molecule has 1 aromatic carbocycles. The average Bonchev–Trinajstić information content (AvgIpc) is 2.15. The Kier molecular flexibility index (Phi) is 3.26. The number of carbonyl (C=O) groups excluding carboxylic acids is 1.